The minimum atomic E-state index is -1.25. The van der Waals surface area contributed by atoms with Gasteiger partial charge in [-0.15, -0.1) is 0 Å². The van der Waals surface area contributed by atoms with E-state index in [1.165, 1.54) is 4.90 Å². The lowest BCUT2D eigenvalue weighted by Crippen LogP contribution is -2.65. The highest BCUT2D eigenvalue weighted by Crippen LogP contribution is 2.24. The summed E-state index contributed by atoms with van der Waals surface area (Å²) in [5.41, 5.74) is -1.25. The van der Waals surface area contributed by atoms with E-state index in [9.17, 15) is 19.2 Å². The molecule has 3 aliphatic rings. The van der Waals surface area contributed by atoms with Crippen molar-refractivity contribution in [2.75, 3.05) is 31.3 Å². The predicted molar refractivity (Wildman–Crippen MR) is 130 cm³/mol. The van der Waals surface area contributed by atoms with E-state index >= 15 is 0 Å². The van der Waals surface area contributed by atoms with Crippen LogP contribution in [-0.2, 0) is 23.9 Å². The molecule has 3 heterocycles. The van der Waals surface area contributed by atoms with Crippen LogP contribution in [0.25, 0.3) is 0 Å². The van der Waals surface area contributed by atoms with Gasteiger partial charge in [0.15, 0.2) is 0 Å². The molecular weight excluding hydrogens is 464 g/mol. The SMILES string of the molecule is CC1(C)NC(=O)[C@@H]2CCCCCSSCCCOC[C@H](NC1=O)C(=O)N1CCC[C@@H]1C(=O)N2. The molecule has 11 heteroatoms. The zero-order valence-electron chi connectivity index (χ0n) is 19.5. The summed E-state index contributed by atoms with van der Waals surface area (Å²) < 4.78 is 5.76. The molecule has 3 fully saturated rings. The van der Waals surface area contributed by atoms with Crippen LogP contribution in [0.3, 0.4) is 0 Å². The Hall–Kier alpha value is -1.46. The summed E-state index contributed by atoms with van der Waals surface area (Å²) in [6.07, 6.45) is 5.36. The van der Waals surface area contributed by atoms with Crippen LogP contribution in [0.1, 0.15) is 58.8 Å². The van der Waals surface area contributed by atoms with Crippen molar-refractivity contribution < 1.29 is 23.9 Å². The lowest BCUT2D eigenvalue weighted by atomic mass is 10.00. The number of hydrogen-bond acceptors (Lipinski definition) is 7. The average Bonchev–Trinajstić information content (AvgIpc) is 3.26. The molecule has 2 bridgehead atoms. The van der Waals surface area contributed by atoms with Crippen LogP contribution in [0.4, 0.5) is 0 Å². The Kier molecular flexibility index (Phi) is 9.75. The largest absolute Gasteiger partial charge is 0.379 e. The van der Waals surface area contributed by atoms with E-state index in [1.54, 1.807) is 13.8 Å². The van der Waals surface area contributed by atoms with Gasteiger partial charge >= 0.3 is 0 Å². The number of nitrogens with zero attached hydrogens (tertiary/aromatic N) is 1. The van der Waals surface area contributed by atoms with Crippen molar-refractivity contribution in [1.82, 2.24) is 20.9 Å². The van der Waals surface area contributed by atoms with Crippen molar-refractivity contribution in [3.05, 3.63) is 0 Å². The van der Waals surface area contributed by atoms with Crippen LogP contribution in [-0.4, -0.2) is 83.5 Å². The Morgan fingerprint density at radius 2 is 1.64 bits per heavy atom. The smallest absolute Gasteiger partial charge is 0.248 e. The van der Waals surface area contributed by atoms with Gasteiger partial charge in [-0.25, -0.2) is 0 Å². The highest BCUT2D eigenvalue weighted by Gasteiger charge is 2.42. The third kappa shape index (κ3) is 7.26. The predicted octanol–water partition coefficient (Wildman–Crippen LogP) is 1.22. The van der Waals surface area contributed by atoms with Crippen molar-refractivity contribution in [3.8, 4) is 0 Å². The molecule has 3 atom stereocenters. The third-order valence-electron chi connectivity index (χ3n) is 6.18. The fraction of sp³-hybridized carbons (Fsp3) is 0.818. The lowest BCUT2D eigenvalue weighted by molar-refractivity contribution is -0.145. The van der Waals surface area contributed by atoms with E-state index in [1.807, 2.05) is 21.6 Å². The standard InChI is InChI=1S/C22H36N4O5S2/c1-22(2)21(30)24-16-14-31-11-7-13-33-32-12-5-3-4-8-15(18(27)25-22)23-19(28)17-9-6-10-26(17)20(16)29/h15-17H,3-14H2,1-2H3,(H,23,28)(H,24,30)(H,25,27)/t15-,16-,17+/m0/s1. The first-order chi connectivity index (χ1) is 15.8. The van der Waals surface area contributed by atoms with Gasteiger partial charge in [0, 0.05) is 24.7 Å². The molecular formula is C22H36N4O5S2. The lowest BCUT2D eigenvalue weighted by Gasteiger charge is -2.34. The molecule has 4 amide bonds. The molecule has 9 nitrogen and oxygen atoms in total. The van der Waals surface area contributed by atoms with E-state index in [-0.39, 0.29) is 24.3 Å². The minimum Gasteiger partial charge on any atom is -0.379 e. The second-order valence-electron chi connectivity index (χ2n) is 9.31. The Bertz CT molecular complexity index is 734. The highest BCUT2D eigenvalue weighted by molar-refractivity contribution is 8.76. The number of carbonyl (C=O) groups excluding carboxylic acids is 4. The van der Waals surface area contributed by atoms with Gasteiger partial charge in [-0.2, -0.15) is 0 Å². The summed E-state index contributed by atoms with van der Waals surface area (Å²) in [6, 6.07) is -2.30. The first-order valence-electron chi connectivity index (χ1n) is 11.9. The Labute approximate surface area is 203 Å². The monoisotopic (exact) mass is 500 g/mol. The third-order valence-corrected chi connectivity index (χ3v) is 8.76. The van der Waals surface area contributed by atoms with Crippen molar-refractivity contribution >= 4 is 45.2 Å². The number of rotatable bonds is 0. The molecule has 3 N–H and O–H groups in total. The second-order valence-corrected chi connectivity index (χ2v) is 12.0. The summed E-state index contributed by atoms with van der Waals surface area (Å²) >= 11 is 0. The maximum absolute atomic E-state index is 13.4. The van der Waals surface area contributed by atoms with Gasteiger partial charge in [0.1, 0.15) is 23.7 Å². The van der Waals surface area contributed by atoms with Gasteiger partial charge in [-0.1, -0.05) is 34.4 Å². The molecule has 3 rings (SSSR count). The molecule has 0 radical (unpaired) electrons. The van der Waals surface area contributed by atoms with E-state index in [0.29, 0.717) is 32.4 Å². The summed E-state index contributed by atoms with van der Waals surface area (Å²) in [5, 5.41) is 8.44. The van der Waals surface area contributed by atoms with Crippen LogP contribution in [0, 0.1) is 0 Å². The molecule has 3 aliphatic heterocycles. The highest BCUT2D eigenvalue weighted by atomic mass is 33.1. The molecule has 186 valence electrons. The normalized spacial score (nSPS) is 31.0. The van der Waals surface area contributed by atoms with E-state index in [0.717, 1.165) is 37.2 Å². The summed E-state index contributed by atoms with van der Waals surface area (Å²) in [4.78, 5) is 54.2. The van der Waals surface area contributed by atoms with Crippen LogP contribution in [0.15, 0.2) is 0 Å². The van der Waals surface area contributed by atoms with E-state index in [4.69, 9.17) is 4.74 Å². The van der Waals surface area contributed by atoms with Gasteiger partial charge in [0.2, 0.25) is 23.6 Å². The molecule has 0 saturated carbocycles. The summed E-state index contributed by atoms with van der Waals surface area (Å²) in [5.74, 6) is 0.529. The van der Waals surface area contributed by atoms with Crippen LogP contribution < -0.4 is 16.0 Å². The molecule has 3 saturated heterocycles. The number of amides is 4. The summed E-state index contributed by atoms with van der Waals surface area (Å²) in [7, 11) is 3.64. The van der Waals surface area contributed by atoms with E-state index in [2.05, 4.69) is 16.0 Å². The Morgan fingerprint density at radius 1 is 0.879 bits per heavy atom. The zero-order valence-corrected chi connectivity index (χ0v) is 21.2. The van der Waals surface area contributed by atoms with Crippen molar-refractivity contribution in [2.24, 2.45) is 0 Å². The van der Waals surface area contributed by atoms with Gasteiger partial charge in [-0.3, -0.25) is 19.2 Å². The fourth-order valence-corrected chi connectivity index (χ4v) is 6.44. The first kappa shape index (κ1) is 26.2. The summed E-state index contributed by atoms with van der Waals surface area (Å²) in [6.45, 7) is 4.15. The van der Waals surface area contributed by atoms with Crippen molar-refractivity contribution in [1.29, 1.82) is 0 Å². The van der Waals surface area contributed by atoms with Crippen molar-refractivity contribution in [2.45, 2.75) is 82.5 Å². The van der Waals surface area contributed by atoms with Crippen molar-refractivity contribution in [3.63, 3.8) is 0 Å². The number of nitrogens with one attached hydrogen (secondary N) is 3. The first-order valence-corrected chi connectivity index (χ1v) is 14.3. The molecule has 0 aromatic heterocycles. The molecule has 0 aromatic rings. The van der Waals surface area contributed by atoms with Crippen LogP contribution in [0.2, 0.25) is 0 Å². The maximum Gasteiger partial charge on any atom is 0.248 e. The molecule has 0 spiro atoms. The van der Waals surface area contributed by atoms with Crippen LogP contribution in [0.5, 0.6) is 0 Å². The Morgan fingerprint density at radius 3 is 2.42 bits per heavy atom. The van der Waals surface area contributed by atoms with Gasteiger partial charge in [0.05, 0.1) is 6.61 Å². The number of fused-ring (bicyclic) bond motifs is 7. The Balaban J connectivity index is 1.90. The second kappa shape index (κ2) is 12.3. The van der Waals surface area contributed by atoms with Crippen LogP contribution >= 0.6 is 21.6 Å². The van der Waals surface area contributed by atoms with Gasteiger partial charge in [-0.05, 0) is 46.0 Å². The molecule has 0 aromatic carbocycles. The average molecular weight is 501 g/mol. The van der Waals surface area contributed by atoms with Gasteiger partial charge in [0.25, 0.3) is 0 Å². The minimum absolute atomic E-state index is 0.0277. The molecule has 0 aliphatic carbocycles. The van der Waals surface area contributed by atoms with E-state index < -0.39 is 29.6 Å². The fourth-order valence-electron chi connectivity index (χ4n) is 4.23. The van der Waals surface area contributed by atoms with Gasteiger partial charge < -0.3 is 25.6 Å². The number of hydrogen-bond donors (Lipinski definition) is 3. The molecule has 33 heavy (non-hydrogen) atoms. The number of carbonyl (C=O) groups is 4. The number of ether oxygens (including phenoxy) is 1. The quantitative estimate of drug-likeness (QED) is 0.428. The maximum atomic E-state index is 13.4. The topological polar surface area (TPSA) is 117 Å². The molecule has 0 unspecified atom stereocenters. The zero-order chi connectivity index (χ0) is 23.8.